The summed E-state index contributed by atoms with van der Waals surface area (Å²) in [6.07, 6.45) is 1.84. The molecule has 0 radical (unpaired) electrons. The Balaban J connectivity index is 1.83. The fourth-order valence-corrected chi connectivity index (χ4v) is 3.08. The van der Waals surface area contributed by atoms with Gasteiger partial charge in [0.2, 0.25) is 0 Å². The minimum atomic E-state index is 0.0939. The van der Waals surface area contributed by atoms with Crippen LogP contribution < -0.4 is 0 Å². The molecule has 2 saturated heterocycles. The van der Waals surface area contributed by atoms with Crippen molar-refractivity contribution in [3.05, 3.63) is 10.6 Å². The summed E-state index contributed by atoms with van der Waals surface area (Å²) < 4.78 is 9.23. The molecule has 0 saturated carbocycles. The van der Waals surface area contributed by atoms with Crippen molar-refractivity contribution in [2.75, 3.05) is 13.2 Å². The maximum Gasteiger partial charge on any atom is 0.268 e. The van der Waals surface area contributed by atoms with Gasteiger partial charge in [0.05, 0.1) is 31.0 Å². The molecule has 3 heterocycles. The summed E-state index contributed by atoms with van der Waals surface area (Å²) in [7, 11) is 0. The van der Waals surface area contributed by atoms with E-state index in [4.69, 9.17) is 4.74 Å². The molecule has 0 N–H and O–H groups in total. The lowest BCUT2D eigenvalue weighted by Crippen LogP contribution is -2.65. The van der Waals surface area contributed by atoms with Crippen LogP contribution in [0.4, 0.5) is 0 Å². The van der Waals surface area contributed by atoms with Gasteiger partial charge in [-0.3, -0.25) is 4.79 Å². The number of morpholine rings is 1. The highest BCUT2D eigenvalue weighted by Crippen LogP contribution is 2.33. The summed E-state index contributed by atoms with van der Waals surface area (Å²) in [6.45, 7) is 3.35. The largest absolute Gasteiger partial charge is 0.377 e. The molecule has 6 heteroatoms. The molecule has 2 unspecified atom stereocenters. The van der Waals surface area contributed by atoms with E-state index in [1.54, 1.807) is 0 Å². The van der Waals surface area contributed by atoms with Crippen molar-refractivity contribution in [2.45, 2.75) is 31.8 Å². The Kier molecular flexibility index (Phi) is 2.40. The Morgan fingerprint density at radius 1 is 1.56 bits per heavy atom. The first kappa shape index (κ1) is 10.2. The molecule has 3 rings (SSSR count). The van der Waals surface area contributed by atoms with E-state index in [0.717, 1.165) is 18.5 Å². The van der Waals surface area contributed by atoms with Gasteiger partial charge >= 0.3 is 0 Å². The average molecular weight is 239 g/mol. The summed E-state index contributed by atoms with van der Waals surface area (Å²) in [6, 6.07) is 0.552. The Hall–Kier alpha value is -1.01. The highest BCUT2D eigenvalue weighted by Gasteiger charge is 2.46. The normalized spacial score (nSPS) is 27.7. The highest BCUT2D eigenvalue weighted by atomic mass is 32.1. The summed E-state index contributed by atoms with van der Waals surface area (Å²) in [5.41, 5.74) is 0.820. The van der Waals surface area contributed by atoms with E-state index in [1.165, 1.54) is 11.5 Å². The van der Waals surface area contributed by atoms with Crippen LogP contribution in [0.25, 0.3) is 0 Å². The van der Waals surface area contributed by atoms with Crippen molar-refractivity contribution in [3.8, 4) is 0 Å². The fraction of sp³-hybridized carbons (Fsp3) is 0.700. The van der Waals surface area contributed by atoms with Gasteiger partial charge in [-0.15, -0.1) is 5.10 Å². The number of aromatic nitrogens is 2. The molecule has 5 nitrogen and oxygen atoms in total. The van der Waals surface area contributed by atoms with Crippen LogP contribution >= 0.6 is 11.5 Å². The lowest BCUT2D eigenvalue weighted by Gasteiger charge is -2.52. The minimum absolute atomic E-state index is 0.0939. The third-order valence-electron chi connectivity index (χ3n) is 3.27. The first-order valence-corrected chi connectivity index (χ1v) is 6.30. The smallest absolute Gasteiger partial charge is 0.268 e. The van der Waals surface area contributed by atoms with Gasteiger partial charge in [-0.2, -0.15) is 0 Å². The number of fused-ring (bicyclic) bond motifs is 2. The highest BCUT2D eigenvalue weighted by molar-refractivity contribution is 7.08. The number of carbonyl (C=O) groups excluding carboxylic acids is 1. The number of rotatable bonds is 2. The van der Waals surface area contributed by atoms with E-state index in [9.17, 15) is 4.79 Å². The van der Waals surface area contributed by atoms with Crippen molar-refractivity contribution in [1.82, 2.24) is 14.5 Å². The molecule has 2 aliphatic heterocycles. The molecule has 2 fully saturated rings. The van der Waals surface area contributed by atoms with Gasteiger partial charge in [-0.1, -0.05) is 11.4 Å². The fourth-order valence-electron chi connectivity index (χ4n) is 2.39. The zero-order valence-corrected chi connectivity index (χ0v) is 9.87. The van der Waals surface area contributed by atoms with Crippen LogP contribution in [-0.2, 0) is 11.2 Å². The molecule has 1 aromatic heterocycles. The molecular weight excluding hydrogens is 226 g/mol. The van der Waals surface area contributed by atoms with Crippen molar-refractivity contribution in [1.29, 1.82) is 0 Å². The summed E-state index contributed by atoms with van der Waals surface area (Å²) in [5.74, 6) is 0.0939. The van der Waals surface area contributed by atoms with Gasteiger partial charge in [0.1, 0.15) is 4.88 Å². The predicted molar refractivity (Wildman–Crippen MR) is 58.5 cm³/mol. The molecule has 86 valence electrons. The molecule has 2 atom stereocenters. The maximum atomic E-state index is 12.3. The number of hydrogen-bond acceptors (Lipinski definition) is 5. The molecular formula is C10H13N3O2S. The van der Waals surface area contributed by atoms with E-state index in [0.29, 0.717) is 18.1 Å². The first-order valence-electron chi connectivity index (χ1n) is 5.53. The number of amides is 1. The van der Waals surface area contributed by atoms with E-state index in [1.807, 2.05) is 11.8 Å². The van der Waals surface area contributed by atoms with Crippen LogP contribution in [0.15, 0.2) is 0 Å². The Morgan fingerprint density at radius 3 is 2.94 bits per heavy atom. The third kappa shape index (κ3) is 1.36. The molecule has 0 aliphatic carbocycles. The molecule has 2 aliphatic rings. The van der Waals surface area contributed by atoms with E-state index in [-0.39, 0.29) is 18.0 Å². The average Bonchev–Trinajstić information content (AvgIpc) is 2.77. The van der Waals surface area contributed by atoms with Crippen LogP contribution in [0.3, 0.4) is 0 Å². The van der Waals surface area contributed by atoms with Gasteiger partial charge in [0.25, 0.3) is 5.91 Å². The lowest BCUT2D eigenvalue weighted by molar-refractivity contribution is -0.104. The Bertz CT molecular complexity index is 406. The minimum Gasteiger partial charge on any atom is -0.377 e. The van der Waals surface area contributed by atoms with Gasteiger partial charge in [0.15, 0.2) is 0 Å². The number of aryl methyl sites for hydroxylation is 1. The lowest BCUT2D eigenvalue weighted by atomic mass is 9.91. The van der Waals surface area contributed by atoms with Gasteiger partial charge in [0, 0.05) is 0 Å². The van der Waals surface area contributed by atoms with Crippen molar-refractivity contribution in [2.24, 2.45) is 0 Å². The van der Waals surface area contributed by atoms with E-state index in [2.05, 4.69) is 9.59 Å². The van der Waals surface area contributed by atoms with Crippen LogP contribution in [0, 0.1) is 0 Å². The number of ether oxygens (including phenoxy) is 1. The topological polar surface area (TPSA) is 55.3 Å². The van der Waals surface area contributed by atoms with E-state index >= 15 is 0 Å². The monoisotopic (exact) mass is 239 g/mol. The second kappa shape index (κ2) is 3.78. The SMILES string of the molecule is CCc1nnsc1C(=O)N1C2COCC1C2. The zero-order valence-electron chi connectivity index (χ0n) is 9.05. The number of nitrogens with zero attached hydrogens (tertiary/aromatic N) is 3. The van der Waals surface area contributed by atoms with Crippen molar-refractivity contribution < 1.29 is 9.53 Å². The third-order valence-corrected chi connectivity index (χ3v) is 4.03. The van der Waals surface area contributed by atoms with Gasteiger partial charge in [-0.05, 0) is 24.4 Å². The zero-order chi connectivity index (χ0) is 11.1. The van der Waals surface area contributed by atoms with Crippen LogP contribution in [-0.4, -0.2) is 45.7 Å². The van der Waals surface area contributed by atoms with E-state index < -0.39 is 0 Å². The van der Waals surface area contributed by atoms with Gasteiger partial charge in [-0.25, -0.2) is 0 Å². The Morgan fingerprint density at radius 2 is 2.31 bits per heavy atom. The standard InChI is InChI=1S/C10H13N3O2S/c1-2-8-9(16-12-11-8)10(14)13-6-3-7(13)5-15-4-6/h6-7H,2-5H2,1H3. The molecule has 0 aromatic carbocycles. The molecule has 2 bridgehead atoms. The summed E-state index contributed by atoms with van der Waals surface area (Å²) >= 11 is 1.21. The van der Waals surface area contributed by atoms with Crippen molar-refractivity contribution >= 4 is 17.4 Å². The second-order valence-corrected chi connectivity index (χ2v) is 4.95. The number of hydrogen-bond donors (Lipinski definition) is 0. The molecule has 1 aromatic rings. The quantitative estimate of drug-likeness (QED) is 0.763. The van der Waals surface area contributed by atoms with Crippen molar-refractivity contribution in [3.63, 3.8) is 0 Å². The first-order chi connectivity index (χ1) is 7.81. The van der Waals surface area contributed by atoms with Crippen LogP contribution in [0.5, 0.6) is 0 Å². The Labute approximate surface area is 97.6 Å². The van der Waals surface area contributed by atoms with Crippen LogP contribution in [0.1, 0.15) is 28.7 Å². The number of carbonyl (C=O) groups is 1. The molecule has 16 heavy (non-hydrogen) atoms. The molecule has 0 spiro atoms. The summed E-state index contributed by atoms with van der Waals surface area (Å²) in [5, 5.41) is 3.98. The van der Waals surface area contributed by atoms with Gasteiger partial charge < -0.3 is 9.64 Å². The van der Waals surface area contributed by atoms with Crippen LogP contribution in [0.2, 0.25) is 0 Å². The predicted octanol–water partition coefficient (Wildman–Crippen LogP) is 0.714. The maximum absolute atomic E-state index is 12.3. The molecule has 1 amide bonds. The summed E-state index contributed by atoms with van der Waals surface area (Å²) in [4.78, 5) is 14.9. The second-order valence-electron chi connectivity index (χ2n) is 4.20.